The van der Waals surface area contributed by atoms with Crippen LogP contribution in [-0.2, 0) is 31.2 Å². The highest BCUT2D eigenvalue weighted by molar-refractivity contribution is 7.53. The third-order valence-electron chi connectivity index (χ3n) is 6.13. The van der Waals surface area contributed by atoms with Crippen LogP contribution in [0.25, 0.3) is 0 Å². The molecule has 0 saturated carbocycles. The molecular weight excluding hydrogens is 517 g/mol. The Labute approximate surface area is 234 Å². The van der Waals surface area contributed by atoms with Gasteiger partial charge in [0.15, 0.2) is 0 Å². The highest BCUT2D eigenvalue weighted by atomic mass is 32.1. The van der Waals surface area contributed by atoms with Crippen LogP contribution in [0.15, 0.2) is 42.5 Å². The van der Waals surface area contributed by atoms with Crippen molar-refractivity contribution in [2.45, 2.75) is 98.1 Å². The lowest BCUT2D eigenvalue weighted by molar-refractivity contribution is 0.0497. The van der Waals surface area contributed by atoms with Gasteiger partial charge in [-0.25, -0.2) is 4.79 Å². The minimum atomic E-state index is -3.09. The third kappa shape index (κ3) is 12.9. The number of rotatable bonds is 17. The van der Waals surface area contributed by atoms with Gasteiger partial charge in [-0.3, -0.25) is 4.57 Å². The van der Waals surface area contributed by atoms with Gasteiger partial charge < -0.3 is 19.1 Å². The number of aryl methyl sites for hydroxylation is 2. The molecule has 1 aromatic carbocycles. The Morgan fingerprint density at radius 2 is 1.63 bits per heavy atom. The van der Waals surface area contributed by atoms with Gasteiger partial charge in [-0.2, -0.15) is 0 Å². The van der Waals surface area contributed by atoms with Crippen LogP contribution in [0.2, 0.25) is 0 Å². The zero-order valence-corrected chi connectivity index (χ0v) is 25.9. The van der Waals surface area contributed by atoms with Crippen LogP contribution >= 0.6 is 18.9 Å². The summed E-state index contributed by atoms with van der Waals surface area (Å²) in [7, 11) is -3.09. The van der Waals surface area contributed by atoms with Gasteiger partial charge in [-0.15, -0.1) is 11.3 Å². The molecule has 2 rings (SSSR count). The Hall–Kier alpha value is -1.66. The normalized spacial score (nSPS) is 13.7. The minimum Gasteiger partial charge on any atom is -0.444 e. The number of nitrogens with one attached hydrogen (secondary N) is 1. The van der Waals surface area contributed by atoms with E-state index in [1.165, 1.54) is 23.3 Å². The van der Waals surface area contributed by atoms with Gasteiger partial charge in [-0.1, -0.05) is 43.7 Å². The van der Waals surface area contributed by atoms with Crippen LogP contribution in [-0.4, -0.2) is 31.1 Å². The van der Waals surface area contributed by atoms with E-state index in [1.54, 1.807) is 11.3 Å². The molecule has 1 N–H and O–H groups in total. The van der Waals surface area contributed by atoms with Crippen LogP contribution in [0.1, 0.15) is 95.0 Å². The van der Waals surface area contributed by atoms with Gasteiger partial charge in [-0.05, 0) is 96.8 Å². The highest BCUT2D eigenvalue weighted by Crippen LogP contribution is 2.49. The fourth-order valence-corrected chi connectivity index (χ4v) is 7.32. The molecule has 0 bridgehead atoms. The number of carbonyl (C=O) groups excluding carboxylic acids is 1. The van der Waals surface area contributed by atoms with E-state index in [9.17, 15) is 9.36 Å². The number of hydrogen-bond donors (Lipinski definition) is 1. The van der Waals surface area contributed by atoms with Gasteiger partial charge in [0.25, 0.3) is 0 Å². The largest absolute Gasteiger partial charge is 0.444 e. The van der Waals surface area contributed by atoms with Crippen LogP contribution < -0.4 is 5.32 Å². The van der Waals surface area contributed by atoms with Crippen molar-refractivity contribution in [1.82, 2.24) is 5.32 Å². The zero-order valence-electron chi connectivity index (χ0n) is 24.2. The average molecular weight is 566 g/mol. The van der Waals surface area contributed by atoms with Crippen LogP contribution in [0.3, 0.4) is 0 Å². The number of benzene rings is 1. The smallest absolute Gasteiger partial charge is 0.408 e. The SMILES string of the molecule is CCOP(=O)(CC[C@H](C)CC(NC(=O)OC(C)(C)C)c1ccc(CCCCCc2ccccc2)s1)OCC. The molecule has 8 heteroatoms. The maximum Gasteiger partial charge on any atom is 0.408 e. The molecule has 1 heterocycles. The van der Waals surface area contributed by atoms with Crippen molar-refractivity contribution in [2.24, 2.45) is 5.92 Å². The second-order valence-electron chi connectivity index (χ2n) is 10.8. The lowest BCUT2D eigenvalue weighted by Crippen LogP contribution is -2.35. The molecule has 0 saturated heterocycles. The fourth-order valence-electron chi connectivity index (χ4n) is 4.32. The Morgan fingerprint density at radius 3 is 2.26 bits per heavy atom. The summed E-state index contributed by atoms with van der Waals surface area (Å²) in [4.78, 5) is 15.1. The van der Waals surface area contributed by atoms with Crippen LogP contribution in [0.4, 0.5) is 4.79 Å². The summed E-state index contributed by atoms with van der Waals surface area (Å²) >= 11 is 1.76. The monoisotopic (exact) mass is 565 g/mol. The second-order valence-corrected chi connectivity index (χ2v) is 14.2. The van der Waals surface area contributed by atoms with E-state index in [2.05, 4.69) is 54.7 Å². The van der Waals surface area contributed by atoms with Crippen LogP contribution in [0.5, 0.6) is 0 Å². The van der Waals surface area contributed by atoms with Crippen molar-refractivity contribution in [1.29, 1.82) is 0 Å². The van der Waals surface area contributed by atoms with Crippen molar-refractivity contribution in [2.75, 3.05) is 19.4 Å². The number of alkyl carbamates (subject to hydrolysis) is 1. The Morgan fingerprint density at radius 1 is 0.974 bits per heavy atom. The number of ether oxygens (including phenoxy) is 1. The van der Waals surface area contributed by atoms with Crippen molar-refractivity contribution >= 4 is 25.0 Å². The average Bonchev–Trinajstić information content (AvgIpc) is 3.31. The summed E-state index contributed by atoms with van der Waals surface area (Å²) in [5.41, 5.74) is 0.831. The zero-order chi connectivity index (χ0) is 28.0. The molecule has 214 valence electrons. The van der Waals surface area contributed by atoms with E-state index in [4.69, 9.17) is 13.8 Å². The van der Waals surface area contributed by atoms with Crippen molar-refractivity contribution < 1.29 is 23.1 Å². The summed E-state index contributed by atoms with van der Waals surface area (Å²) in [6.45, 7) is 12.1. The molecule has 0 aliphatic carbocycles. The summed E-state index contributed by atoms with van der Waals surface area (Å²) in [5, 5.41) is 3.09. The highest BCUT2D eigenvalue weighted by Gasteiger charge is 2.27. The maximum absolute atomic E-state index is 12.9. The first kappa shape index (κ1) is 32.6. The lowest BCUT2D eigenvalue weighted by Gasteiger charge is -2.25. The van der Waals surface area contributed by atoms with E-state index in [0.717, 1.165) is 24.1 Å². The predicted molar refractivity (Wildman–Crippen MR) is 158 cm³/mol. The van der Waals surface area contributed by atoms with Crippen LogP contribution in [0, 0.1) is 5.92 Å². The maximum atomic E-state index is 12.9. The molecule has 2 aromatic rings. The van der Waals surface area contributed by atoms with Crippen molar-refractivity contribution in [3.63, 3.8) is 0 Å². The number of unbranched alkanes of at least 4 members (excludes halogenated alkanes) is 2. The first-order chi connectivity index (χ1) is 18.0. The summed E-state index contributed by atoms with van der Waals surface area (Å²) in [6, 6.07) is 14.8. The fraction of sp³-hybridized carbons (Fsp3) is 0.633. The van der Waals surface area contributed by atoms with E-state index in [0.29, 0.717) is 32.2 Å². The standard InChI is InChI=1S/C30H48NO5PS/c1-7-34-37(33,35-8-2)22-21-24(3)23-27(31-29(32)36-30(4,5)6)28-20-19-26(38-28)18-14-10-13-17-25-15-11-9-12-16-25/h9,11-12,15-16,19-20,24,27H,7-8,10,13-14,17-18,21-23H2,1-6H3,(H,31,32)/t24-,27?/m0/s1. The molecule has 1 aromatic heterocycles. The van der Waals surface area contributed by atoms with Crippen molar-refractivity contribution in [3.05, 3.63) is 57.8 Å². The van der Waals surface area contributed by atoms with Gasteiger partial charge in [0.1, 0.15) is 5.60 Å². The Bertz CT molecular complexity index is 978. The molecule has 1 unspecified atom stereocenters. The predicted octanol–water partition coefficient (Wildman–Crippen LogP) is 8.95. The molecule has 0 radical (unpaired) electrons. The first-order valence-corrected chi connectivity index (χ1v) is 16.6. The van der Waals surface area contributed by atoms with Gasteiger partial charge in [0, 0.05) is 9.75 Å². The quantitative estimate of drug-likeness (QED) is 0.153. The number of thiophene rings is 1. The lowest BCUT2D eigenvalue weighted by atomic mass is 9.98. The Balaban J connectivity index is 1.96. The third-order valence-corrected chi connectivity index (χ3v) is 9.50. The van der Waals surface area contributed by atoms with E-state index >= 15 is 0 Å². The Kier molecular flexibility index (Phi) is 14.1. The molecule has 0 aliphatic rings. The molecule has 38 heavy (non-hydrogen) atoms. The molecule has 0 spiro atoms. The molecule has 0 fully saturated rings. The van der Waals surface area contributed by atoms with E-state index < -0.39 is 19.3 Å². The molecule has 2 atom stereocenters. The first-order valence-electron chi connectivity index (χ1n) is 14.0. The summed E-state index contributed by atoms with van der Waals surface area (Å²) < 4.78 is 29.4. The van der Waals surface area contributed by atoms with E-state index in [-0.39, 0.29) is 12.0 Å². The number of hydrogen-bond acceptors (Lipinski definition) is 6. The summed E-state index contributed by atoms with van der Waals surface area (Å²) in [5.74, 6) is 0.202. The molecular formula is C30H48NO5PS. The molecule has 0 aliphatic heterocycles. The minimum absolute atomic E-state index is 0.171. The molecule has 1 amide bonds. The second kappa shape index (κ2) is 16.4. The topological polar surface area (TPSA) is 73.9 Å². The number of carbonyl (C=O) groups is 1. The van der Waals surface area contributed by atoms with Gasteiger partial charge in [0.05, 0.1) is 25.4 Å². The summed E-state index contributed by atoms with van der Waals surface area (Å²) in [6.07, 6.45) is 7.05. The van der Waals surface area contributed by atoms with Gasteiger partial charge >= 0.3 is 13.7 Å². The number of amides is 1. The molecule has 6 nitrogen and oxygen atoms in total. The van der Waals surface area contributed by atoms with Crippen molar-refractivity contribution in [3.8, 4) is 0 Å². The van der Waals surface area contributed by atoms with Gasteiger partial charge in [0.2, 0.25) is 0 Å². The van der Waals surface area contributed by atoms with E-state index in [1.807, 2.05) is 34.6 Å².